The number of ether oxygens (including phenoxy) is 1. The fraction of sp³-hybridized carbons (Fsp3) is 0.375. The van der Waals surface area contributed by atoms with Crippen LogP contribution in [0.3, 0.4) is 0 Å². The zero-order valence-electron chi connectivity index (χ0n) is 11.5. The summed E-state index contributed by atoms with van der Waals surface area (Å²) in [5.41, 5.74) is 1.24. The number of carbonyl (C=O) groups excluding carboxylic acids is 2. The highest BCUT2D eigenvalue weighted by Crippen LogP contribution is 2.23. The molecule has 1 rings (SSSR count). The van der Waals surface area contributed by atoms with Crippen molar-refractivity contribution >= 4 is 11.8 Å². The van der Waals surface area contributed by atoms with E-state index in [2.05, 4.69) is 11.8 Å². The average Bonchev–Trinajstić information content (AvgIpc) is 2.38. The van der Waals surface area contributed by atoms with Gasteiger partial charge in [-0.1, -0.05) is 37.1 Å². The van der Waals surface area contributed by atoms with Gasteiger partial charge in [-0.3, -0.25) is 9.59 Å². The number of carbonyl (C=O) groups is 2. The Morgan fingerprint density at radius 3 is 2.58 bits per heavy atom. The Hall–Kier alpha value is -2.08. The molecule has 0 N–H and O–H groups in total. The second-order valence-electron chi connectivity index (χ2n) is 4.14. The van der Waals surface area contributed by atoms with Gasteiger partial charge in [-0.15, -0.1) is 5.92 Å². The second-order valence-corrected chi connectivity index (χ2v) is 4.14. The van der Waals surface area contributed by atoms with E-state index in [9.17, 15) is 9.59 Å². The lowest BCUT2D eigenvalue weighted by Gasteiger charge is -2.15. The molecule has 0 aliphatic rings. The molecule has 3 nitrogen and oxygen atoms in total. The van der Waals surface area contributed by atoms with E-state index in [0.29, 0.717) is 17.5 Å². The Bertz CT molecular complexity index is 520. The van der Waals surface area contributed by atoms with Crippen molar-refractivity contribution in [2.45, 2.75) is 39.7 Å². The molecule has 0 spiro atoms. The zero-order chi connectivity index (χ0) is 14.3. The third-order valence-electron chi connectivity index (χ3n) is 2.58. The van der Waals surface area contributed by atoms with Gasteiger partial charge in [0.05, 0.1) is 0 Å². The lowest BCUT2D eigenvalue weighted by molar-refractivity contribution is -0.144. The quantitative estimate of drug-likeness (QED) is 0.462. The number of benzene rings is 1. The van der Waals surface area contributed by atoms with Crippen molar-refractivity contribution in [1.82, 2.24) is 0 Å². The van der Waals surface area contributed by atoms with E-state index in [1.54, 1.807) is 25.1 Å². The molecule has 1 aromatic carbocycles. The normalized spacial score (nSPS) is 11.1. The van der Waals surface area contributed by atoms with Crippen LogP contribution in [-0.2, 0) is 9.53 Å². The molecular formula is C16H18O3. The summed E-state index contributed by atoms with van der Waals surface area (Å²) in [6.45, 7) is 4.96. The molecule has 0 saturated carbocycles. The van der Waals surface area contributed by atoms with E-state index in [-0.39, 0.29) is 5.78 Å². The van der Waals surface area contributed by atoms with Crippen LogP contribution in [0.15, 0.2) is 24.3 Å². The van der Waals surface area contributed by atoms with Crippen molar-refractivity contribution in [3.63, 3.8) is 0 Å². The van der Waals surface area contributed by atoms with E-state index < -0.39 is 12.1 Å². The van der Waals surface area contributed by atoms with Gasteiger partial charge in [0.15, 0.2) is 11.9 Å². The zero-order valence-corrected chi connectivity index (χ0v) is 11.5. The standard InChI is InChI=1S/C16H18O3/c1-4-8-15(18)13-10-6-7-11-14(13)16(9-5-2)19-12(3)17/h6-7,10-11,16H,4,8H2,1-3H3. The van der Waals surface area contributed by atoms with Crippen molar-refractivity contribution < 1.29 is 14.3 Å². The van der Waals surface area contributed by atoms with Gasteiger partial charge in [0.25, 0.3) is 0 Å². The molecule has 0 fully saturated rings. The minimum Gasteiger partial charge on any atom is -0.444 e. The van der Waals surface area contributed by atoms with Crippen LogP contribution in [0.4, 0.5) is 0 Å². The fourth-order valence-electron chi connectivity index (χ4n) is 1.81. The smallest absolute Gasteiger partial charge is 0.304 e. The highest BCUT2D eigenvalue weighted by molar-refractivity contribution is 5.97. The lowest BCUT2D eigenvalue weighted by Crippen LogP contribution is -2.12. The molecule has 0 amide bonds. The van der Waals surface area contributed by atoms with E-state index in [1.807, 2.05) is 13.0 Å². The van der Waals surface area contributed by atoms with Crippen LogP contribution < -0.4 is 0 Å². The molecule has 0 radical (unpaired) electrons. The van der Waals surface area contributed by atoms with Crippen LogP contribution in [0.2, 0.25) is 0 Å². The summed E-state index contributed by atoms with van der Waals surface area (Å²) >= 11 is 0. The average molecular weight is 258 g/mol. The summed E-state index contributed by atoms with van der Waals surface area (Å²) in [6.07, 6.45) is 0.577. The summed E-state index contributed by atoms with van der Waals surface area (Å²) in [5.74, 6) is 5.19. The van der Waals surface area contributed by atoms with Crippen LogP contribution in [0.5, 0.6) is 0 Å². The van der Waals surface area contributed by atoms with Gasteiger partial charge in [0.1, 0.15) is 0 Å². The molecule has 0 aliphatic carbocycles. The first-order chi connectivity index (χ1) is 9.10. The first-order valence-corrected chi connectivity index (χ1v) is 6.31. The topological polar surface area (TPSA) is 43.4 Å². The molecule has 1 atom stereocenters. The molecule has 0 aromatic heterocycles. The number of hydrogen-bond acceptors (Lipinski definition) is 3. The molecule has 3 heteroatoms. The van der Waals surface area contributed by atoms with Gasteiger partial charge in [0.2, 0.25) is 0 Å². The first kappa shape index (κ1) is 15.0. The third-order valence-corrected chi connectivity index (χ3v) is 2.58. The van der Waals surface area contributed by atoms with E-state index in [4.69, 9.17) is 4.74 Å². The summed E-state index contributed by atoms with van der Waals surface area (Å²) in [7, 11) is 0. The van der Waals surface area contributed by atoms with Gasteiger partial charge in [-0.05, 0) is 13.3 Å². The molecule has 0 bridgehead atoms. The van der Waals surface area contributed by atoms with Gasteiger partial charge < -0.3 is 4.74 Å². The van der Waals surface area contributed by atoms with Crippen molar-refractivity contribution in [3.05, 3.63) is 35.4 Å². The molecular weight excluding hydrogens is 240 g/mol. The number of Topliss-reactive ketones (excluding diaryl/α,β-unsaturated/α-hetero) is 1. The van der Waals surface area contributed by atoms with Gasteiger partial charge in [-0.2, -0.15) is 0 Å². The minimum atomic E-state index is -0.681. The molecule has 19 heavy (non-hydrogen) atoms. The van der Waals surface area contributed by atoms with Gasteiger partial charge in [-0.25, -0.2) is 0 Å². The Balaban J connectivity index is 3.17. The van der Waals surface area contributed by atoms with Crippen molar-refractivity contribution in [2.24, 2.45) is 0 Å². The number of esters is 1. The van der Waals surface area contributed by atoms with Crippen LogP contribution in [0.1, 0.15) is 55.6 Å². The van der Waals surface area contributed by atoms with Crippen molar-refractivity contribution in [3.8, 4) is 11.8 Å². The Morgan fingerprint density at radius 2 is 2.00 bits per heavy atom. The minimum absolute atomic E-state index is 0.0492. The number of ketones is 1. The summed E-state index contributed by atoms with van der Waals surface area (Å²) in [4.78, 5) is 23.2. The lowest BCUT2D eigenvalue weighted by atomic mass is 9.97. The number of rotatable bonds is 5. The summed E-state index contributed by atoms with van der Waals surface area (Å²) < 4.78 is 5.18. The van der Waals surface area contributed by atoms with Gasteiger partial charge >= 0.3 is 5.97 Å². The van der Waals surface area contributed by atoms with E-state index >= 15 is 0 Å². The molecule has 0 saturated heterocycles. The maximum atomic E-state index is 12.1. The fourth-order valence-corrected chi connectivity index (χ4v) is 1.81. The maximum Gasteiger partial charge on any atom is 0.304 e. The SMILES string of the molecule is CC#CC(OC(C)=O)c1ccccc1C(=O)CCC. The second kappa shape index (κ2) is 7.38. The third kappa shape index (κ3) is 4.26. The molecule has 0 aliphatic heterocycles. The molecule has 1 aromatic rings. The summed E-state index contributed by atoms with van der Waals surface area (Å²) in [5, 5.41) is 0. The first-order valence-electron chi connectivity index (χ1n) is 6.31. The van der Waals surface area contributed by atoms with Crippen LogP contribution in [0, 0.1) is 11.8 Å². The predicted molar refractivity (Wildman–Crippen MR) is 73.6 cm³/mol. The van der Waals surface area contributed by atoms with Crippen LogP contribution in [0.25, 0.3) is 0 Å². The van der Waals surface area contributed by atoms with Crippen molar-refractivity contribution in [1.29, 1.82) is 0 Å². The largest absolute Gasteiger partial charge is 0.444 e. The molecule has 1 unspecified atom stereocenters. The Labute approximate surface area is 114 Å². The molecule has 0 heterocycles. The summed E-state index contributed by atoms with van der Waals surface area (Å²) in [6, 6.07) is 7.14. The Morgan fingerprint density at radius 1 is 1.32 bits per heavy atom. The monoisotopic (exact) mass is 258 g/mol. The predicted octanol–water partition coefficient (Wildman–Crippen LogP) is 3.30. The van der Waals surface area contributed by atoms with Crippen LogP contribution >= 0.6 is 0 Å². The van der Waals surface area contributed by atoms with Crippen molar-refractivity contribution in [2.75, 3.05) is 0 Å². The maximum absolute atomic E-state index is 12.1. The van der Waals surface area contributed by atoms with E-state index in [1.165, 1.54) is 6.92 Å². The van der Waals surface area contributed by atoms with Gasteiger partial charge in [0, 0.05) is 24.5 Å². The number of hydrogen-bond donors (Lipinski definition) is 0. The highest BCUT2D eigenvalue weighted by atomic mass is 16.5. The highest BCUT2D eigenvalue weighted by Gasteiger charge is 2.19. The molecule has 100 valence electrons. The van der Waals surface area contributed by atoms with E-state index in [0.717, 1.165) is 6.42 Å². The Kier molecular flexibility index (Phi) is 5.81. The van der Waals surface area contributed by atoms with Crippen LogP contribution in [-0.4, -0.2) is 11.8 Å².